The van der Waals surface area contributed by atoms with Crippen LogP contribution in [0.5, 0.6) is 0 Å². The number of likely N-dealkylation sites (N-methyl/N-ethyl adjacent to an activating group) is 1. The number of ketones is 1. The van der Waals surface area contributed by atoms with Crippen molar-refractivity contribution in [2.45, 2.75) is 45.2 Å². The second-order valence-corrected chi connectivity index (χ2v) is 7.46. The van der Waals surface area contributed by atoms with Crippen molar-refractivity contribution in [1.82, 2.24) is 20.9 Å². The fraction of sp³-hybridized carbons (Fsp3) is 0.476. The van der Waals surface area contributed by atoms with Gasteiger partial charge >= 0.3 is 6.03 Å². The first kappa shape index (κ1) is 22.4. The number of hydrogen-bond donors (Lipinski definition) is 5. The molecule has 1 aromatic heterocycles. The normalized spacial score (nSPS) is 13.2. The number of H-pyrrole nitrogens is 1. The Bertz CT molecular complexity index is 846. The Morgan fingerprint density at radius 1 is 1.14 bits per heavy atom. The van der Waals surface area contributed by atoms with Crippen molar-refractivity contribution in [3.05, 3.63) is 36.0 Å². The molecule has 0 radical (unpaired) electrons. The van der Waals surface area contributed by atoms with E-state index in [4.69, 9.17) is 5.73 Å². The van der Waals surface area contributed by atoms with Gasteiger partial charge < -0.3 is 26.7 Å². The minimum Gasteiger partial charge on any atom is -0.361 e. The van der Waals surface area contributed by atoms with Gasteiger partial charge in [-0.1, -0.05) is 32.0 Å². The summed E-state index contributed by atoms with van der Waals surface area (Å²) in [5, 5.41) is 9.52. The van der Waals surface area contributed by atoms with Crippen LogP contribution in [0.15, 0.2) is 30.5 Å². The zero-order valence-corrected chi connectivity index (χ0v) is 17.2. The summed E-state index contributed by atoms with van der Waals surface area (Å²) >= 11 is 0. The number of carbonyl (C=O) groups excluding carboxylic acids is 3. The molecule has 0 unspecified atom stereocenters. The number of fused-ring (bicyclic) bond motifs is 1. The van der Waals surface area contributed by atoms with E-state index < -0.39 is 18.1 Å². The Morgan fingerprint density at radius 2 is 1.86 bits per heavy atom. The zero-order valence-electron chi connectivity index (χ0n) is 17.2. The van der Waals surface area contributed by atoms with Crippen LogP contribution in [0, 0.1) is 5.92 Å². The smallest absolute Gasteiger partial charge is 0.312 e. The molecule has 8 nitrogen and oxygen atoms in total. The Balaban J connectivity index is 2.04. The molecule has 0 saturated carbocycles. The van der Waals surface area contributed by atoms with Crippen LogP contribution in [-0.2, 0) is 16.0 Å². The molecular formula is C21H31N5O3. The number of aromatic nitrogens is 1. The summed E-state index contributed by atoms with van der Waals surface area (Å²) in [7, 11) is 1.73. The van der Waals surface area contributed by atoms with Gasteiger partial charge in [0.2, 0.25) is 5.91 Å². The number of benzene rings is 1. The number of aromatic amines is 1. The molecule has 0 bridgehead atoms. The third-order valence-corrected chi connectivity index (χ3v) is 4.96. The van der Waals surface area contributed by atoms with Gasteiger partial charge in [-0.25, -0.2) is 4.79 Å². The summed E-state index contributed by atoms with van der Waals surface area (Å²) in [4.78, 5) is 39.5. The average molecular weight is 402 g/mol. The van der Waals surface area contributed by atoms with Gasteiger partial charge in [0, 0.05) is 29.6 Å². The second kappa shape index (κ2) is 10.6. The number of amides is 3. The third kappa shape index (κ3) is 6.32. The summed E-state index contributed by atoms with van der Waals surface area (Å²) < 4.78 is 0. The SMILES string of the molecule is CN[C@H](Cc1c[nH]c2ccccc12)C(=O)N[C@@H](CCCNC(N)=O)C(=O)C(C)C. The minimum absolute atomic E-state index is 0.0284. The molecule has 0 spiro atoms. The first-order chi connectivity index (χ1) is 13.8. The highest BCUT2D eigenvalue weighted by atomic mass is 16.2. The molecule has 0 fully saturated rings. The lowest BCUT2D eigenvalue weighted by Gasteiger charge is -2.23. The lowest BCUT2D eigenvalue weighted by molar-refractivity contribution is -0.130. The monoisotopic (exact) mass is 401 g/mol. The highest BCUT2D eigenvalue weighted by Gasteiger charge is 2.26. The van der Waals surface area contributed by atoms with Crippen LogP contribution in [0.3, 0.4) is 0 Å². The maximum Gasteiger partial charge on any atom is 0.312 e. The molecule has 158 valence electrons. The second-order valence-electron chi connectivity index (χ2n) is 7.46. The molecule has 2 rings (SSSR count). The number of Topliss-reactive ketones (excluding diaryl/α,β-unsaturated/α-hetero) is 1. The molecule has 1 aromatic carbocycles. The highest BCUT2D eigenvalue weighted by Crippen LogP contribution is 2.19. The van der Waals surface area contributed by atoms with E-state index >= 15 is 0 Å². The van der Waals surface area contributed by atoms with E-state index in [1.165, 1.54) is 0 Å². The number of rotatable bonds is 11. The van der Waals surface area contributed by atoms with Crippen LogP contribution in [0.2, 0.25) is 0 Å². The Labute approximate surface area is 171 Å². The van der Waals surface area contributed by atoms with Gasteiger partial charge in [0.05, 0.1) is 12.1 Å². The van der Waals surface area contributed by atoms with E-state index in [9.17, 15) is 14.4 Å². The van der Waals surface area contributed by atoms with Crippen molar-refractivity contribution in [3.8, 4) is 0 Å². The molecule has 6 N–H and O–H groups in total. The topological polar surface area (TPSA) is 129 Å². The van der Waals surface area contributed by atoms with Crippen LogP contribution < -0.4 is 21.7 Å². The van der Waals surface area contributed by atoms with Crippen molar-refractivity contribution in [2.24, 2.45) is 11.7 Å². The first-order valence-electron chi connectivity index (χ1n) is 9.93. The van der Waals surface area contributed by atoms with E-state index in [0.717, 1.165) is 16.5 Å². The van der Waals surface area contributed by atoms with Crippen LogP contribution in [0.1, 0.15) is 32.3 Å². The molecule has 2 atom stereocenters. The lowest BCUT2D eigenvalue weighted by atomic mass is 9.97. The number of urea groups is 1. The molecule has 3 amide bonds. The molecule has 1 heterocycles. The van der Waals surface area contributed by atoms with Crippen molar-refractivity contribution >= 4 is 28.6 Å². The lowest BCUT2D eigenvalue weighted by Crippen LogP contribution is -2.51. The van der Waals surface area contributed by atoms with Gasteiger partial charge in [0.15, 0.2) is 5.78 Å². The van der Waals surface area contributed by atoms with E-state index in [-0.39, 0.29) is 17.6 Å². The number of nitrogens with one attached hydrogen (secondary N) is 4. The van der Waals surface area contributed by atoms with Crippen LogP contribution in [0.25, 0.3) is 10.9 Å². The van der Waals surface area contributed by atoms with Crippen molar-refractivity contribution in [3.63, 3.8) is 0 Å². The van der Waals surface area contributed by atoms with Gasteiger partial charge in [-0.05, 0) is 37.9 Å². The van der Waals surface area contributed by atoms with Gasteiger partial charge in [-0.3, -0.25) is 9.59 Å². The van der Waals surface area contributed by atoms with Crippen molar-refractivity contribution < 1.29 is 14.4 Å². The molecule has 8 heteroatoms. The molecule has 0 aliphatic rings. The maximum absolute atomic E-state index is 12.9. The third-order valence-electron chi connectivity index (χ3n) is 4.96. The van der Waals surface area contributed by atoms with Gasteiger partial charge in [-0.2, -0.15) is 0 Å². The van der Waals surface area contributed by atoms with E-state index in [1.807, 2.05) is 44.3 Å². The molecule has 29 heavy (non-hydrogen) atoms. The number of hydrogen-bond acceptors (Lipinski definition) is 4. The van der Waals surface area contributed by atoms with Crippen molar-refractivity contribution in [2.75, 3.05) is 13.6 Å². The summed E-state index contributed by atoms with van der Waals surface area (Å²) in [6.07, 6.45) is 3.39. The zero-order chi connectivity index (χ0) is 21.4. The summed E-state index contributed by atoms with van der Waals surface area (Å²) in [5.41, 5.74) is 7.12. The number of nitrogens with two attached hydrogens (primary N) is 1. The maximum atomic E-state index is 12.9. The van der Waals surface area contributed by atoms with E-state index in [2.05, 4.69) is 20.9 Å². The molecule has 0 saturated heterocycles. The van der Waals surface area contributed by atoms with E-state index in [0.29, 0.717) is 25.8 Å². The predicted octanol–water partition coefficient (Wildman–Crippen LogP) is 1.46. The minimum atomic E-state index is -0.602. The standard InChI is InChI=1S/C21H31N5O3/c1-13(2)19(27)17(9-6-10-24-21(22)29)26-20(28)18(23-3)11-14-12-25-16-8-5-4-7-15(14)16/h4-5,7-8,12-13,17-18,23,25H,6,9-11H2,1-3H3,(H,26,28)(H3,22,24,29)/t17-,18+/m0/s1. The quantitative estimate of drug-likeness (QED) is 0.365. The fourth-order valence-corrected chi connectivity index (χ4v) is 3.32. The van der Waals surface area contributed by atoms with Crippen molar-refractivity contribution in [1.29, 1.82) is 0 Å². The first-order valence-corrected chi connectivity index (χ1v) is 9.93. The summed E-state index contributed by atoms with van der Waals surface area (Å²) in [5.74, 6) is -0.454. The van der Waals surface area contributed by atoms with E-state index in [1.54, 1.807) is 7.05 Å². The van der Waals surface area contributed by atoms with Crippen LogP contribution in [0.4, 0.5) is 4.79 Å². The largest absolute Gasteiger partial charge is 0.361 e. The number of carbonyl (C=O) groups is 3. The average Bonchev–Trinajstić information content (AvgIpc) is 3.10. The summed E-state index contributed by atoms with van der Waals surface area (Å²) in [6.45, 7) is 3.98. The molecular weight excluding hydrogens is 370 g/mol. The van der Waals surface area contributed by atoms with Gasteiger partial charge in [-0.15, -0.1) is 0 Å². The highest BCUT2D eigenvalue weighted by molar-refractivity contribution is 5.92. The summed E-state index contributed by atoms with van der Waals surface area (Å²) in [6, 6.07) is 6.25. The molecule has 2 aromatic rings. The Kier molecular flexibility index (Phi) is 8.21. The molecule has 0 aliphatic heterocycles. The Morgan fingerprint density at radius 3 is 2.52 bits per heavy atom. The van der Waals surface area contributed by atoms with Crippen LogP contribution >= 0.6 is 0 Å². The number of para-hydroxylation sites is 1. The molecule has 0 aliphatic carbocycles. The van der Waals surface area contributed by atoms with Gasteiger partial charge in [0.25, 0.3) is 0 Å². The van der Waals surface area contributed by atoms with Gasteiger partial charge in [0.1, 0.15) is 0 Å². The Hall–Kier alpha value is -2.87. The number of primary amides is 1. The predicted molar refractivity (Wildman–Crippen MR) is 113 cm³/mol. The van der Waals surface area contributed by atoms with Crippen LogP contribution in [-0.4, -0.2) is 48.4 Å². The fourth-order valence-electron chi connectivity index (χ4n) is 3.32.